The van der Waals surface area contributed by atoms with E-state index in [9.17, 15) is 0 Å². The fourth-order valence-corrected chi connectivity index (χ4v) is 2.92. The van der Waals surface area contributed by atoms with Gasteiger partial charge in [0.05, 0.1) is 14.2 Å². The molecule has 1 aromatic rings. The normalized spacial score (nSPS) is 13.2. The van der Waals surface area contributed by atoms with Crippen molar-refractivity contribution in [1.29, 1.82) is 0 Å². The predicted molar refractivity (Wildman–Crippen MR) is 83.1 cm³/mol. The summed E-state index contributed by atoms with van der Waals surface area (Å²) in [5.74, 6) is 1.62. The Morgan fingerprint density at radius 2 is 1.84 bits per heavy atom. The van der Waals surface area contributed by atoms with E-state index in [0.717, 1.165) is 28.1 Å². The number of halogens is 1. The van der Waals surface area contributed by atoms with Gasteiger partial charge in [0.15, 0.2) is 0 Å². The van der Waals surface area contributed by atoms with E-state index in [-0.39, 0.29) is 11.5 Å². The maximum Gasteiger partial charge on any atom is 0.141 e. The molecule has 0 aromatic heterocycles. The molecule has 1 rings (SSSR count). The van der Waals surface area contributed by atoms with Crippen molar-refractivity contribution in [3.63, 3.8) is 0 Å². The number of methoxy groups -OCH3 is 2. The lowest BCUT2D eigenvalue weighted by atomic mass is 9.82. The Kier molecular flexibility index (Phi) is 5.68. The van der Waals surface area contributed by atoms with Gasteiger partial charge >= 0.3 is 0 Å². The van der Waals surface area contributed by atoms with E-state index in [1.807, 2.05) is 6.07 Å². The van der Waals surface area contributed by atoms with Gasteiger partial charge in [-0.25, -0.2) is 0 Å². The first-order valence-electron chi connectivity index (χ1n) is 6.50. The van der Waals surface area contributed by atoms with E-state index in [0.29, 0.717) is 0 Å². The second-order valence-corrected chi connectivity index (χ2v) is 6.35. The molecule has 19 heavy (non-hydrogen) atoms. The summed E-state index contributed by atoms with van der Waals surface area (Å²) in [6.45, 7) is 9.69. The zero-order chi connectivity index (χ0) is 14.6. The fraction of sp³-hybridized carbons (Fsp3) is 0.600. The Morgan fingerprint density at radius 3 is 2.26 bits per heavy atom. The van der Waals surface area contributed by atoms with E-state index in [1.54, 1.807) is 14.2 Å². The van der Waals surface area contributed by atoms with Crippen LogP contribution in [0.4, 0.5) is 0 Å². The molecule has 1 N–H and O–H groups in total. The van der Waals surface area contributed by atoms with Gasteiger partial charge in [-0.2, -0.15) is 0 Å². The van der Waals surface area contributed by atoms with Crippen LogP contribution in [0.3, 0.4) is 0 Å². The highest BCUT2D eigenvalue weighted by Crippen LogP contribution is 2.44. The maximum atomic E-state index is 5.57. The standard InChI is InChI=1S/C15H24BrNO2/c1-7-17-14(15(2,3)4)10-8-9-11(18-5)12(16)13(10)19-6/h8-9,14,17H,7H2,1-6H3. The molecule has 0 aliphatic carbocycles. The van der Waals surface area contributed by atoms with Crippen LogP contribution in [0.1, 0.15) is 39.3 Å². The number of hydrogen-bond acceptors (Lipinski definition) is 3. The summed E-state index contributed by atoms with van der Waals surface area (Å²) in [6, 6.07) is 4.26. The molecule has 0 heterocycles. The van der Waals surface area contributed by atoms with Crippen molar-refractivity contribution < 1.29 is 9.47 Å². The number of rotatable bonds is 5. The molecule has 0 fully saturated rings. The van der Waals surface area contributed by atoms with Crippen molar-refractivity contribution in [1.82, 2.24) is 5.32 Å². The molecule has 108 valence electrons. The van der Waals surface area contributed by atoms with Crippen molar-refractivity contribution in [2.75, 3.05) is 20.8 Å². The van der Waals surface area contributed by atoms with Gasteiger partial charge in [0.25, 0.3) is 0 Å². The second kappa shape index (κ2) is 6.62. The van der Waals surface area contributed by atoms with Crippen molar-refractivity contribution >= 4 is 15.9 Å². The molecular weight excluding hydrogens is 306 g/mol. The summed E-state index contributed by atoms with van der Waals surface area (Å²) in [4.78, 5) is 0. The quantitative estimate of drug-likeness (QED) is 0.879. The molecule has 0 aliphatic rings. The third-order valence-electron chi connectivity index (χ3n) is 3.10. The molecule has 0 radical (unpaired) electrons. The van der Waals surface area contributed by atoms with Crippen LogP contribution in [-0.4, -0.2) is 20.8 Å². The topological polar surface area (TPSA) is 30.5 Å². The van der Waals surface area contributed by atoms with Gasteiger partial charge in [-0.05, 0) is 40.0 Å². The zero-order valence-corrected chi connectivity index (χ0v) is 14.2. The van der Waals surface area contributed by atoms with Gasteiger partial charge in [-0.1, -0.05) is 27.7 Å². The van der Waals surface area contributed by atoms with E-state index >= 15 is 0 Å². The van der Waals surface area contributed by atoms with Crippen LogP contribution in [-0.2, 0) is 0 Å². The van der Waals surface area contributed by atoms with Crippen molar-refractivity contribution in [2.24, 2.45) is 5.41 Å². The number of benzene rings is 1. The highest BCUT2D eigenvalue weighted by atomic mass is 79.9. The molecule has 0 saturated carbocycles. The van der Waals surface area contributed by atoms with Crippen molar-refractivity contribution in [3.05, 3.63) is 22.2 Å². The predicted octanol–water partition coefficient (Wildman–Crippen LogP) is 4.16. The summed E-state index contributed by atoms with van der Waals surface area (Å²) in [5.41, 5.74) is 1.24. The van der Waals surface area contributed by atoms with Gasteiger partial charge < -0.3 is 14.8 Å². The highest BCUT2D eigenvalue weighted by molar-refractivity contribution is 9.10. The van der Waals surface area contributed by atoms with Crippen LogP contribution >= 0.6 is 15.9 Å². The Balaban J connectivity index is 3.35. The summed E-state index contributed by atoms with van der Waals surface area (Å²) < 4.78 is 11.8. The van der Waals surface area contributed by atoms with Crippen LogP contribution < -0.4 is 14.8 Å². The highest BCUT2D eigenvalue weighted by Gasteiger charge is 2.29. The number of hydrogen-bond donors (Lipinski definition) is 1. The van der Waals surface area contributed by atoms with Gasteiger partial charge in [0.1, 0.15) is 16.0 Å². The summed E-state index contributed by atoms with van der Waals surface area (Å²) in [6.07, 6.45) is 0. The first kappa shape index (κ1) is 16.3. The second-order valence-electron chi connectivity index (χ2n) is 5.56. The average Bonchev–Trinajstić information content (AvgIpc) is 2.34. The minimum absolute atomic E-state index is 0.0946. The van der Waals surface area contributed by atoms with Crippen LogP contribution in [0.15, 0.2) is 16.6 Å². The Morgan fingerprint density at radius 1 is 1.21 bits per heavy atom. The minimum atomic E-state index is 0.0946. The molecule has 1 unspecified atom stereocenters. The van der Waals surface area contributed by atoms with E-state index in [2.05, 4.69) is 55.0 Å². The van der Waals surface area contributed by atoms with Gasteiger partial charge in [0.2, 0.25) is 0 Å². The summed E-state index contributed by atoms with van der Waals surface area (Å²) in [7, 11) is 3.35. The van der Waals surface area contributed by atoms with Crippen LogP contribution in [0.2, 0.25) is 0 Å². The fourth-order valence-electron chi connectivity index (χ4n) is 2.23. The largest absolute Gasteiger partial charge is 0.495 e. The first-order valence-corrected chi connectivity index (χ1v) is 7.29. The van der Waals surface area contributed by atoms with Gasteiger partial charge in [0, 0.05) is 11.6 Å². The molecule has 3 nitrogen and oxygen atoms in total. The summed E-state index contributed by atoms with van der Waals surface area (Å²) in [5, 5.41) is 3.54. The van der Waals surface area contributed by atoms with E-state index in [4.69, 9.17) is 9.47 Å². The Labute approximate surface area is 124 Å². The van der Waals surface area contributed by atoms with E-state index in [1.165, 1.54) is 0 Å². The Bertz CT molecular complexity index is 427. The first-order chi connectivity index (χ1) is 8.86. The molecular formula is C15H24BrNO2. The van der Waals surface area contributed by atoms with Gasteiger partial charge in [-0.3, -0.25) is 0 Å². The third-order valence-corrected chi connectivity index (χ3v) is 3.85. The monoisotopic (exact) mass is 329 g/mol. The van der Waals surface area contributed by atoms with Crippen molar-refractivity contribution in [3.8, 4) is 11.5 Å². The zero-order valence-electron chi connectivity index (χ0n) is 12.6. The lowest BCUT2D eigenvalue weighted by Gasteiger charge is -2.33. The summed E-state index contributed by atoms with van der Waals surface area (Å²) >= 11 is 3.56. The molecule has 0 amide bonds. The number of nitrogens with one attached hydrogen (secondary N) is 1. The smallest absolute Gasteiger partial charge is 0.141 e. The van der Waals surface area contributed by atoms with Crippen LogP contribution in [0, 0.1) is 5.41 Å². The molecule has 1 atom stereocenters. The SMILES string of the molecule is CCNC(c1ccc(OC)c(Br)c1OC)C(C)(C)C. The molecule has 0 spiro atoms. The lowest BCUT2D eigenvalue weighted by Crippen LogP contribution is -2.32. The van der Waals surface area contributed by atoms with Gasteiger partial charge in [-0.15, -0.1) is 0 Å². The number of ether oxygens (including phenoxy) is 2. The molecule has 0 saturated heterocycles. The van der Waals surface area contributed by atoms with Crippen molar-refractivity contribution in [2.45, 2.75) is 33.7 Å². The molecule has 4 heteroatoms. The van der Waals surface area contributed by atoms with Crippen LogP contribution in [0.25, 0.3) is 0 Å². The van der Waals surface area contributed by atoms with E-state index < -0.39 is 0 Å². The van der Waals surface area contributed by atoms with Crippen LogP contribution in [0.5, 0.6) is 11.5 Å². The maximum absolute atomic E-state index is 5.57. The lowest BCUT2D eigenvalue weighted by molar-refractivity contribution is 0.267. The average molecular weight is 330 g/mol. The molecule has 1 aromatic carbocycles. The molecule has 0 aliphatic heterocycles. The third kappa shape index (κ3) is 3.63. The Hall–Kier alpha value is -0.740. The minimum Gasteiger partial charge on any atom is -0.495 e. The molecule has 0 bridgehead atoms.